The Balaban J connectivity index is 0.000000376. The van der Waals surface area contributed by atoms with E-state index in [2.05, 4.69) is 91.9 Å². The van der Waals surface area contributed by atoms with Crippen molar-refractivity contribution < 1.29 is 28.9 Å². The summed E-state index contributed by atoms with van der Waals surface area (Å²) in [5, 5.41) is 1.35. The van der Waals surface area contributed by atoms with Crippen LogP contribution in [0.5, 0.6) is 0 Å². The van der Waals surface area contributed by atoms with Gasteiger partial charge in [0.25, 0.3) is 0 Å². The van der Waals surface area contributed by atoms with Crippen LogP contribution >= 0.6 is 10.5 Å². The minimum atomic E-state index is -4.94. The van der Waals surface area contributed by atoms with Crippen molar-refractivity contribution in [2.75, 3.05) is 0 Å². The lowest BCUT2D eigenvalue weighted by Crippen LogP contribution is -2.68. The summed E-state index contributed by atoms with van der Waals surface area (Å²) in [5.74, 6) is 0. The van der Waals surface area contributed by atoms with Gasteiger partial charge >= 0.3 is 0 Å². The fourth-order valence-electron chi connectivity index (χ4n) is 2.83. The molecule has 138 valence electrons. The Labute approximate surface area is 162 Å². The van der Waals surface area contributed by atoms with Crippen molar-refractivity contribution in [3.63, 3.8) is 0 Å². The maximum atomic E-state index is 8.49. The second kappa shape index (κ2) is 8.19. The SMILES string of the molecule is Cc1ccc(-c2cc3ccccc3[s+]2-c2ccccc2)cc1.[O-][Cl+3]([O-])([O-])[O-]. The van der Waals surface area contributed by atoms with Gasteiger partial charge in [0, 0.05) is 27.5 Å². The first-order valence-corrected chi connectivity index (χ1v) is 10.6. The van der Waals surface area contributed by atoms with Crippen LogP contribution in [0.2, 0.25) is 0 Å². The van der Waals surface area contributed by atoms with Gasteiger partial charge in [0.1, 0.15) is 0 Å². The van der Waals surface area contributed by atoms with Crippen LogP contribution in [0.4, 0.5) is 0 Å². The van der Waals surface area contributed by atoms with Gasteiger partial charge in [-0.3, -0.25) is 0 Å². The Morgan fingerprint density at radius 3 is 1.89 bits per heavy atom. The standard InChI is InChI=1S/C21H17S.ClHO4/c1-16-11-13-17(14-12-16)21-15-18-7-5-6-10-20(18)22(21)19-8-3-2-4-9-19;2-1(3,4)5/h2-15H,1H3;(H,2,3,4,5)/q+1;/p-1. The van der Waals surface area contributed by atoms with Gasteiger partial charge in [0.05, 0.1) is 0 Å². The molecule has 0 aliphatic rings. The molecule has 0 amide bonds. The third-order valence-corrected chi connectivity index (χ3v) is 6.31. The first-order valence-electron chi connectivity index (χ1n) is 8.12. The average molecular weight is 401 g/mol. The summed E-state index contributed by atoms with van der Waals surface area (Å²) < 4.78 is 35.4. The zero-order valence-electron chi connectivity index (χ0n) is 14.5. The highest BCUT2D eigenvalue weighted by molar-refractivity contribution is 7.47. The quantitative estimate of drug-likeness (QED) is 0.479. The number of halogens is 1. The van der Waals surface area contributed by atoms with Crippen molar-refractivity contribution in [3.05, 3.63) is 90.5 Å². The summed E-state index contributed by atoms with van der Waals surface area (Å²) in [7, 11) is -4.94. The van der Waals surface area contributed by atoms with Gasteiger partial charge in [-0.15, -0.1) is 10.2 Å². The molecule has 4 rings (SSSR count). The molecular weight excluding hydrogens is 384 g/mol. The number of hydrogen-bond acceptors (Lipinski definition) is 4. The Kier molecular flexibility index (Phi) is 5.92. The van der Waals surface area contributed by atoms with Crippen LogP contribution in [0, 0.1) is 17.2 Å². The lowest BCUT2D eigenvalue weighted by molar-refractivity contribution is -2.00. The number of fused-ring (bicyclic) bond motifs is 1. The first kappa shape index (κ1) is 19.5. The molecule has 1 unspecified atom stereocenters. The molecule has 0 saturated heterocycles. The predicted molar refractivity (Wildman–Crippen MR) is 97.9 cm³/mol. The molecule has 0 spiro atoms. The van der Waals surface area contributed by atoms with E-state index in [1.54, 1.807) is 0 Å². The molecule has 4 aromatic rings. The largest absolute Gasteiger partial charge is 0.222 e. The lowest BCUT2D eigenvalue weighted by Gasteiger charge is -2.17. The topological polar surface area (TPSA) is 92.2 Å². The molecule has 27 heavy (non-hydrogen) atoms. The maximum Gasteiger partial charge on any atom is 0.187 e. The van der Waals surface area contributed by atoms with Crippen LogP contribution in [0.3, 0.4) is 0 Å². The second-order valence-corrected chi connectivity index (χ2v) is 8.63. The van der Waals surface area contributed by atoms with E-state index in [0.29, 0.717) is 0 Å². The summed E-state index contributed by atoms with van der Waals surface area (Å²) in [4.78, 5) is 2.81. The molecule has 0 fully saturated rings. The van der Waals surface area contributed by atoms with Crippen LogP contribution < -0.4 is 18.6 Å². The zero-order chi connectivity index (χ0) is 19.4. The summed E-state index contributed by atoms with van der Waals surface area (Å²) in [5.41, 5.74) is 2.63. The molecule has 0 radical (unpaired) electrons. The van der Waals surface area contributed by atoms with Gasteiger partial charge in [-0.25, -0.2) is 18.6 Å². The van der Waals surface area contributed by atoms with E-state index in [4.69, 9.17) is 18.6 Å². The summed E-state index contributed by atoms with van der Waals surface area (Å²) in [6, 6.07) is 30.9. The van der Waals surface area contributed by atoms with Gasteiger partial charge < -0.3 is 0 Å². The average Bonchev–Trinajstić information content (AvgIpc) is 3.01. The maximum absolute atomic E-state index is 8.49. The molecule has 0 N–H and O–H groups in total. The third-order valence-electron chi connectivity index (χ3n) is 3.96. The van der Waals surface area contributed by atoms with Crippen LogP contribution in [-0.4, -0.2) is 0 Å². The Morgan fingerprint density at radius 2 is 1.26 bits per heavy atom. The van der Waals surface area contributed by atoms with E-state index in [-0.39, 0.29) is 10.5 Å². The molecule has 6 heteroatoms. The normalized spacial score (nSPS) is 11.8. The highest BCUT2D eigenvalue weighted by atomic mass is 35.7. The Morgan fingerprint density at radius 1 is 0.704 bits per heavy atom. The zero-order valence-corrected chi connectivity index (χ0v) is 16.1. The Hall–Kier alpha value is -2.25. The van der Waals surface area contributed by atoms with Crippen LogP contribution in [0.25, 0.3) is 25.4 Å². The molecule has 0 aliphatic carbocycles. The summed E-state index contributed by atoms with van der Waals surface area (Å²) in [6.45, 7) is 2.14. The molecule has 3 aromatic carbocycles. The lowest BCUT2D eigenvalue weighted by atomic mass is 10.1. The van der Waals surface area contributed by atoms with E-state index in [1.165, 1.54) is 31.0 Å². The predicted octanol–water partition coefficient (Wildman–Crippen LogP) is 1.80. The fraction of sp³-hybridized carbons (Fsp3) is 0.0476. The summed E-state index contributed by atoms with van der Waals surface area (Å²) in [6.07, 6.45) is 0. The van der Waals surface area contributed by atoms with Crippen molar-refractivity contribution in [3.8, 4) is 15.3 Å². The van der Waals surface area contributed by atoms with Gasteiger partial charge in [-0.2, -0.15) is 0 Å². The monoisotopic (exact) mass is 400 g/mol. The minimum Gasteiger partial charge on any atom is -0.222 e. The van der Waals surface area contributed by atoms with Crippen LogP contribution in [0.1, 0.15) is 5.56 Å². The smallest absolute Gasteiger partial charge is 0.187 e. The molecular formula is C21H17ClO4S. The van der Waals surface area contributed by atoms with Gasteiger partial charge in [0.2, 0.25) is 0 Å². The van der Waals surface area contributed by atoms with Gasteiger partial charge in [0.15, 0.2) is 14.5 Å². The molecule has 4 nitrogen and oxygen atoms in total. The molecule has 0 bridgehead atoms. The highest BCUT2D eigenvalue weighted by Crippen LogP contribution is 2.48. The van der Waals surface area contributed by atoms with Crippen LogP contribution in [0.15, 0.2) is 84.9 Å². The fourth-order valence-corrected chi connectivity index (χ4v) is 5.20. The number of hydrogen-bond donors (Lipinski definition) is 0. The van der Waals surface area contributed by atoms with Crippen molar-refractivity contribution in [2.45, 2.75) is 6.92 Å². The van der Waals surface area contributed by atoms with Crippen LogP contribution in [-0.2, 0) is 0 Å². The summed E-state index contributed by atoms with van der Waals surface area (Å²) >= 11 is 0. The minimum absolute atomic E-state index is 0.000115. The molecule has 0 aliphatic heterocycles. The van der Waals surface area contributed by atoms with Gasteiger partial charge in [-0.05, 0) is 43.3 Å². The molecule has 0 saturated carbocycles. The second-order valence-electron chi connectivity index (χ2n) is 5.91. The van der Waals surface area contributed by atoms with Crippen molar-refractivity contribution >= 4 is 20.6 Å². The first-order chi connectivity index (χ1) is 12.8. The highest BCUT2D eigenvalue weighted by Gasteiger charge is 2.23. The molecule has 1 aromatic heterocycles. The number of aryl methyl sites for hydroxylation is 1. The van der Waals surface area contributed by atoms with Crippen molar-refractivity contribution in [1.82, 2.24) is 0 Å². The van der Waals surface area contributed by atoms with Crippen molar-refractivity contribution in [1.29, 1.82) is 0 Å². The van der Waals surface area contributed by atoms with Crippen molar-refractivity contribution in [2.24, 2.45) is 0 Å². The van der Waals surface area contributed by atoms with E-state index in [0.717, 1.165) is 0 Å². The number of thiophene rings is 1. The third kappa shape index (κ3) is 5.14. The van der Waals surface area contributed by atoms with E-state index >= 15 is 0 Å². The molecule has 1 heterocycles. The number of rotatable bonds is 2. The van der Waals surface area contributed by atoms with Gasteiger partial charge in [-0.1, -0.05) is 48.0 Å². The van der Waals surface area contributed by atoms with E-state index in [1.807, 2.05) is 0 Å². The Bertz CT molecular complexity index is 1020. The van der Waals surface area contributed by atoms with E-state index in [9.17, 15) is 0 Å². The number of benzene rings is 3. The molecule has 1 atom stereocenters. The van der Waals surface area contributed by atoms with E-state index < -0.39 is 10.2 Å².